The lowest BCUT2D eigenvalue weighted by atomic mass is 10.1. The average Bonchev–Trinajstić information content (AvgIpc) is 3.53. The van der Waals surface area contributed by atoms with Crippen LogP contribution < -0.4 is 9.62 Å². The molecule has 0 aromatic carbocycles. The summed E-state index contributed by atoms with van der Waals surface area (Å²) in [6.07, 6.45) is 10.6. The third-order valence-corrected chi connectivity index (χ3v) is 7.38. The Morgan fingerprint density at radius 3 is 2.70 bits per heavy atom. The van der Waals surface area contributed by atoms with Gasteiger partial charge >= 0.3 is 0 Å². The fraction of sp³-hybridized carbons (Fsp3) is 0.429. The Morgan fingerprint density at radius 1 is 1.15 bits per heavy atom. The maximum Gasteiger partial charge on any atom is 0.243 e. The molecule has 0 aliphatic carbocycles. The second-order valence-electron chi connectivity index (χ2n) is 8.37. The molecule has 1 fully saturated rings. The van der Waals surface area contributed by atoms with Crippen LogP contribution in [0.5, 0.6) is 0 Å². The molecule has 5 heterocycles. The van der Waals surface area contributed by atoms with E-state index in [0.29, 0.717) is 32.5 Å². The normalized spacial score (nSPS) is 15.5. The van der Waals surface area contributed by atoms with E-state index in [1.807, 2.05) is 26.2 Å². The molecule has 0 unspecified atom stereocenters. The van der Waals surface area contributed by atoms with Gasteiger partial charge in [-0.15, -0.1) is 0 Å². The molecule has 1 aliphatic rings. The highest BCUT2D eigenvalue weighted by atomic mass is 32.2. The van der Waals surface area contributed by atoms with Gasteiger partial charge in [0.2, 0.25) is 10.0 Å². The lowest BCUT2D eigenvalue weighted by molar-refractivity contribution is 0.459. The van der Waals surface area contributed by atoms with E-state index in [4.69, 9.17) is 0 Å². The molecule has 0 spiro atoms. The smallest absolute Gasteiger partial charge is 0.243 e. The van der Waals surface area contributed by atoms with Gasteiger partial charge in [0.25, 0.3) is 0 Å². The maximum atomic E-state index is 12.8. The molecule has 5 rings (SSSR count). The van der Waals surface area contributed by atoms with E-state index in [9.17, 15) is 8.42 Å². The Kier molecular flexibility index (Phi) is 5.62. The first-order valence-electron chi connectivity index (χ1n) is 11.1. The molecule has 2 N–H and O–H groups in total. The fourth-order valence-electron chi connectivity index (χ4n) is 4.23. The van der Waals surface area contributed by atoms with Crippen LogP contribution in [0, 0.1) is 0 Å². The Morgan fingerprint density at radius 2 is 1.97 bits per heavy atom. The molecule has 0 atom stereocenters. The van der Waals surface area contributed by atoms with E-state index < -0.39 is 10.0 Å². The van der Waals surface area contributed by atoms with E-state index in [0.717, 1.165) is 34.5 Å². The topological polar surface area (TPSA) is 127 Å². The Bertz CT molecular complexity index is 1360. The lowest BCUT2D eigenvalue weighted by Crippen LogP contribution is -2.44. The quantitative estimate of drug-likeness (QED) is 0.423. The fourth-order valence-corrected chi connectivity index (χ4v) is 5.48. The number of hydrogen-bond donors (Lipinski definition) is 2. The monoisotopic (exact) mass is 469 g/mol. The molecule has 1 saturated heterocycles. The number of hydrogen-bond acceptors (Lipinski definition) is 7. The number of nitrogens with zero attached hydrogens (tertiary/aromatic N) is 7. The number of rotatable bonds is 7. The number of aromatic amines is 1. The van der Waals surface area contributed by atoms with Gasteiger partial charge in [-0.1, -0.05) is 6.92 Å². The molecule has 174 valence electrons. The molecule has 0 saturated carbocycles. The van der Waals surface area contributed by atoms with Gasteiger partial charge in [0, 0.05) is 50.7 Å². The van der Waals surface area contributed by atoms with Gasteiger partial charge in [0.05, 0.1) is 23.5 Å². The number of fused-ring (bicyclic) bond motifs is 1. The second kappa shape index (κ2) is 8.60. The SMILES string of the molecule is CCCn1cc(S(=O)(=O)NC2CCN(c3ncnc4[nH]c(-c5cnn(C)c5)cc34)CC2)cn1. The second-order valence-corrected chi connectivity index (χ2v) is 10.1. The van der Waals surface area contributed by atoms with E-state index in [1.165, 1.54) is 6.20 Å². The Hall–Kier alpha value is -3.25. The number of anilines is 1. The zero-order chi connectivity index (χ0) is 23.0. The number of piperidine rings is 1. The summed E-state index contributed by atoms with van der Waals surface area (Å²) in [6.45, 7) is 4.12. The third-order valence-electron chi connectivity index (χ3n) is 5.91. The van der Waals surface area contributed by atoms with Gasteiger partial charge in [-0.25, -0.2) is 23.1 Å². The largest absolute Gasteiger partial charge is 0.356 e. The van der Waals surface area contributed by atoms with Crippen molar-refractivity contribution in [2.24, 2.45) is 7.05 Å². The van der Waals surface area contributed by atoms with Crippen LogP contribution in [0.3, 0.4) is 0 Å². The van der Waals surface area contributed by atoms with Crippen molar-refractivity contribution in [2.75, 3.05) is 18.0 Å². The van der Waals surface area contributed by atoms with Gasteiger partial charge in [-0.05, 0) is 25.3 Å². The van der Waals surface area contributed by atoms with Gasteiger partial charge in [-0.3, -0.25) is 9.36 Å². The van der Waals surface area contributed by atoms with Crippen molar-refractivity contribution in [2.45, 2.75) is 43.7 Å². The van der Waals surface area contributed by atoms with Crippen LogP contribution in [0.4, 0.5) is 5.82 Å². The predicted octanol–water partition coefficient (Wildman–Crippen LogP) is 1.91. The molecular formula is C21H27N9O2S. The summed E-state index contributed by atoms with van der Waals surface area (Å²) in [5.74, 6) is 0.855. The summed E-state index contributed by atoms with van der Waals surface area (Å²) >= 11 is 0. The van der Waals surface area contributed by atoms with Crippen molar-refractivity contribution in [3.63, 3.8) is 0 Å². The lowest BCUT2D eigenvalue weighted by Gasteiger charge is -2.33. The molecule has 0 radical (unpaired) electrons. The van der Waals surface area contributed by atoms with Crippen molar-refractivity contribution < 1.29 is 8.42 Å². The summed E-state index contributed by atoms with van der Waals surface area (Å²) in [6, 6.07) is 1.92. The van der Waals surface area contributed by atoms with Crippen LogP contribution in [-0.4, -0.2) is 62.1 Å². The highest BCUT2D eigenvalue weighted by Gasteiger charge is 2.27. The molecule has 4 aromatic rings. The third kappa shape index (κ3) is 4.35. The first kappa shape index (κ1) is 21.6. The zero-order valence-electron chi connectivity index (χ0n) is 18.6. The molecular weight excluding hydrogens is 442 g/mol. The molecule has 11 nitrogen and oxygen atoms in total. The Labute approximate surface area is 191 Å². The summed E-state index contributed by atoms with van der Waals surface area (Å²) in [5, 5.41) is 9.32. The predicted molar refractivity (Wildman–Crippen MR) is 124 cm³/mol. The minimum Gasteiger partial charge on any atom is -0.356 e. The molecule has 12 heteroatoms. The van der Waals surface area contributed by atoms with E-state index in [1.54, 1.807) is 28.1 Å². The average molecular weight is 470 g/mol. The van der Waals surface area contributed by atoms with Crippen LogP contribution in [0.25, 0.3) is 22.3 Å². The molecule has 1 aliphatic heterocycles. The van der Waals surface area contributed by atoms with Gasteiger partial charge < -0.3 is 9.88 Å². The molecule has 0 amide bonds. The number of nitrogens with one attached hydrogen (secondary N) is 2. The van der Waals surface area contributed by atoms with Crippen LogP contribution >= 0.6 is 0 Å². The van der Waals surface area contributed by atoms with Crippen LogP contribution in [0.2, 0.25) is 0 Å². The highest BCUT2D eigenvalue weighted by molar-refractivity contribution is 7.89. The van der Waals surface area contributed by atoms with Crippen molar-refractivity contribution in [1.29, 1.82) is 0 Å². The van der Waals surface area contributed by atoms with Gasteiger partial charge in [0.15, 0.2) is 0 Å². The first-order chi connectivity index (χ1) is 15.9. The summed E-state index contributed by atoms with van der Waals surface area (Å²) in [7, 11) is -1.71. The minimum atomic E-state index is -3.59. The van der Waals surface area contributed by atoms with Crippen molar-refractivity contribution in [3.8, 4) is 11.3 Å². The number of aromatic nitrogens is 7. The van der Waals surface area contributed by atoms with E-state index in [2.05, 4.69) is 34.8 Å². The van der Waals surface area contributed by atoms with E-state index in [-0.39, 0.29) is 10.9 Å². The maximum absolute atomic E-state index is 12.8. The van der Waals surface area contributed by atoms with Crippen molar-refractivity contribution in [1.82, 2.24) is 39.2 Å². The zero-order valence-corrected chi connectivity index (χ0v) is 19.5. The van der Waals surface area contributed by atoms with Crippen molar-refractivity contribution >= 4 is 26.9 Å². The summed E-state index contributed by atoms with van der Waals surface area (Å²) < 4.78 is 31.8. The molecule has 33 heavy (non-hydrogen) atoms. The number of aryl methyl sites for hydroxylation is 2. The van der Waals surface area contributed by atoms with E-state index >= 15 is 0 Å². The van der Waals surface area contributed by atoms with Gasteiger partial charge in [-0.2, -0.15) is 10.2 Å². The van der Waals surface area contributed by atoms with Gasteiger partial charge in [0.1, 0.15) is 22.7 Å². The molecule has 4 aromatic heterocycles. The van der Waals surface area contributed by atoms with Crippen LogP contribution in [0.1, 0.15) is 26.2 Å². The van der Waals surface area contributed by atoms with Crippen LogP contribution in [0.15, 0.2) is 42.1 Å². The van der Waals surface area contributed by atoms with Crippen LogP contribution in [-0.2, 0) is 23.6 Å². The Balaban J connectivity index is 1.28. The summed E-state index contributed by atoms with van der Waals surface area (Å²) in [4.78, 5) is 14.7. The van der Waals surface area contributed by atoms with Crippen molar-refractivity contribution in [3.05, 3.63) is 37.2 Å². The number of H-pyrrole nitrogens is 1. The standard InChI is InChI=1S/C21H27N9O2S/c1-3-6-30-13-17(11-25-30)33(31,32)27-16-4-7-29(8-5-16)21-18-9-19(15-10-24-28(2)12-15)26-20(18)22-14-23-21/h9-14,16,27H,3-8H2,1-2H3,(H,22,23,26). The highest BCUT2D eigenvalue weighted by Crippen LogP contribution is 2.30. The molecule has 0 bridgehead atoms. The summed E-state index contributed by atoms with van der Waals surface area (Å²) in [5.41, 5.74) is 2.69. The first-order valence-corrected chi connectivity index (χ1v) is 12.5. The minimum absolute atomic E-state index is 0.129. The number of sulfonamides is 1.